The van der Waals surface area contributed by atoms with Gasteiger partial charge in [-0.3, -0.25) is 9.38 Å². The van der Waals surface area contributed by atoms with Crippen molar-refractivity contribution in [3.05, 3.63) is 60.0 Å². The summed E-state index contributed by atoms with van der Waals surface area (Å²) in [6.07, 6.45) is 4.08. The fraction of sp³-hybridized carbons (Fsp3) is 0.105. The summed E-state index contributed by atoms with van der Waals surface area (Å²) in [5.74, 6) is 0. The maximum absolute atomic E-state index is 11.9. The average molecular weight is 390 g/mol. The van der Waals surface area contributed by atoms with Gasteiger partial charge in [0.15, 0.2) is 0 Å². The van der Waals surface area contributed by atoms with Crippen LogP contribution in [0.4, 0.5) is 0 Å². The monoisotopic (exact) mass is 390 g/mol. The lowest BCUT2D eigenvalue weighted by Crippen LogP contribution is -2.05. The molecule has 4 heterocycles. The number of aromatic nitrogens is 5. The first-order valence-electron chi connectivity index (χ1n) is 8.26. The fourth-order valence-corrected chi connectivity index (χ4v) is 3.38. The van der Waals surface area contributed by atoms with Crippen LogP contribution in [-0.2, 0) is 9.84 Å². The third kappa shape index (κ3) is 3.10. The first kappa shape index (κ1) is 17.8. The lowest BCUT2D eigenvalue weighted by molar-refractivity contribution is 0.593. The molecule has 0 N–H and O–H groups in total. The van der Waals surface area contributed by atoms with E-state index in [1.807, 2.05) is 25.1 Å². The van der Waals surface area contributed by atoms with Crippen molar-refractivity contribution in [2.75, 3.05) is 6.26 Å². The van der Waals surface area contributed by atoms with Crippen molar-refractivity contribution < 1.29 is 8.42 Å². The van der Waals surface area contributed by atoms with Gasteiger partial charge in [-0.15, -0.1) is 0 Å². The van der Waals surface area contributed by atoms with Crippen LogP contribution in [0.2, 0.25) is 0 Å². The van der Waals surface area contributed by atoms with E-state index in [4.69, 9.17) is 0 Å². The molecular formula is C19H14N6O2S. The Labute approximate surface area is 161 Å². The molecule has 0 aromatic carbocycles. The highest BCUT2D eigenvalue weighted by Gasteiger charge is 2.20. The van der Waals surface area contributed by atoms with Crippen LogP contribution in [0.25, 0.3) is 28.4 Å². The molecule has 0 aliphatic rings. The van der Waals surface area contributed by atoms with Gasteiger partial charge in [0.25, 0.3) is 0 Å². The van der Waals surface area contributed by atoms with Crippen LogP contribution in [0.1, 0.15) is 11.3 Å². The van der Waals surface area contributed by atoms with E-state index in [0.29, 0.717) is 34.0 Å². The Balaban J connectivity index is 2.08. The second-order valence-corrected chi connectivity index (χ2v) is 8.14. The molecule has 0 aliphatic heterocycles. The van der Waals surface area contributed by atoms with E-state index in [9.17, 15) is 13.7 Å². The molecule has 0 bridgehead atoms. The first-order chi connectivity index (χ1) is 13.4. The Morgan fingerprint density at radius 1 is 1.04 bits per heavy atom. The predicted molar refractivity (Wildman–Crippen MR) is 102 cm³/mol. The third-order valence-corrected chi connectivity index (χ3v) is 4.95. The van der Waals surface area contributed by atoms with Crippen molar-refractivity contribution in [3.8, 4) is 28.8 Å². The summed E-state index contributed by atoms with van der Waals surface area (Å²) >= 11 is 0. The van der Waals surface area contributed by atoms with E-state index in [1.165, 1.54) is 6.20 Å². The molecule has 9 heteroatoms. The summed E-state index contributed by atoms with van der Waals surface area (Å²) in [4.78, 5) is 17.3. The largest absolute Gasteiger partial charge is 0.296 e. The number of fused-ring (bicyclic) bond motifs is 1. The highest BCUT2D eigenvalue weighted by atomic mass is 32.2. The minimum atomic E-state index is -3.59. The van der Waals surface area contributed by atoms with Crippen LogP contribution < -0.4 is 0 Å². The Morgan fingerprint density at radius 3 is 2.57 bits per heavy atom. The lowest BCUT2D eigenvalue weighted by Gasteiger charge is -2.06. The first-order valence-corrected chi connectivity index (χ1v) is 10.2. The van der Waals surface area contributed by atoms with Crippen molar-refractivity contribution in [3.63, 3.8) is 0 Å². The number of hydrogen-bond acceptors (Lipinski definition) is 7. The van der Waals surface area contributed by atoms with Crippen LogP contribution in [0, 0.1) is 18.3 Å². The number of hydrogen-bond donors (Lipinski definition) is 0. The SMILES string of the molecule is Cc1cccc(-c2nc3ccc(C#N)cn3c2-c2ccnc(S(C)(=O)=O)n2)n1. The van der Waals surface area contributed by atoms with E-state index in [-0.39, 0.29) is 5.16 Å². The molecule has 138 valence electrons. The number of aryl methyl sites for hydroxylation is 1. The quantitative estimate of drug-likeness (QED) is 0.494. The summed E-state index contributed by atoms with van der Waals surface area (Å²) < 4.78 is 25.5. The zero-order chi connectivity index (χ0) is 19.9. The van der Waals surface area contributed by atoms with Gasteiger partial charge in [-0.1, -0.05) is 6.07 Å². The topological polar surface area (TPSA) is 114 Å². The van der Waals surface area contributed by atoms with Gasteiger partial charge in [0, 0.05) is 24.3 Å². The molecule has 4 rings (SSSR count). The molecule has 0 atom stereocenters. The molecule has 0 aliphatic carbocycles. The Kier molecular flexibility index (Phi) is 4.13. The van der Waals surface area contributed by atoms with E-state index in [1.54, 1.807) is 28.8 Å². The maximum Gasteiger partial charge on any atom is 0.247 e. The zero-order valence-corrected chi connectivity index (χ0v) is 15.8. The van der Waals surface area contributed by atoms with Crippen LogP contribution >= 0.6 is 0 Å². The molecular weight excluding hydrogens is 376 g/mol. The smallest absolute Gasteiger partial charge is 0.247 e. The van der Waals surface area contributed by atoms with Gasteiger partial charge < -0.3 is 0 Å². The molecule has 4 aromatic heterocycles. The van der Waals surface area contributed by atoms with Crippen molar-refractivity contribution in [2.45, 2.75) is 12.1 Å². The molecule has 0 spiro atoms. The number of pyridine rings is 2. The molecule has 0 unspecified atom stereocenters. The molecule has 0 amide bonds. The van der Waals surface area contributed by atoms with E-state index < -0.39 is 9.84 Å². The van der Waals surface area contributed by atoms with E-state index in [2.05, 4.69) is 26.0 Å². The van der Waals surface area contributed by atoms with Crippen LogP contribution in [0.3, 0.4) is 0 Å². The van der Waals surface area contributed by atoms with Crippen LogP contribution in [0.15, 0.2) is 53.9 Å². The highest BCUT2D eigenvalue weighted by molar-refractivity contribution is 7.90. The van der Waals surface area contributed by atoms with Gasteiger partial charge in [0.2, 0.25) is 15.0 Å². The number of imidazole rings is 1. The highest BCUT2D eigenvalue weighted by Crippen LogP contribution is 2.31. The van der Waals surface area contributed by atoms with Gasteiger partial charge in [0.05, 0.1) is 17.0 Å². The number of sulfone groups is 1. The normalized spacial score (nSPS) is 11.5. The summed E-state index contributed by atoms with van der Waals surface area (Å²) in [6, 6.07) is 12.7. The molecule has 0 saturated heterocycles. The number of nitrogens with zero attached hydrogens (tertiary/aromatic N) is 6. The van der Waals surface area contributed by atoms with Gasteiger partial charge in [-0.25, -0.2) is 23.4 Å². The van der Waals surface area contributed by atoms with Crippen LogP contribution in [-0.4, -0.2) is 39.0 Å². The van der Waals surface area contributed by atoms with Gasteiger partial charge in [-0.2, -0.15) is 5.26 Å². The lowest BCUT2D eigenvalue weighted by atomic mass is 10.1. The Hall–Kier alpha value is -3.64. The standard InChI is InChI=1S/C19H14N6O2S/c1-12-4-3-5-14(22-12)17-18(15-8-9-21-19(23-15)28(2,26)27)25-11-13(10-20)6-7-16(25)24-17/h3-9,11H,1-2H3. The average Bonchev–Trinajstić information content (AvgIpc) is 3.06. The summed E-state index contributed by atoms with van der Waals surface area (Å²) in [5.41, 5.74) is 3.92. The van der Waals surface area contributed by atoms with Crippen molar-refractivity contribution >= 4 is 15.5 Å². The van der Waals surface area contributed by atoms with E-state index >= 15 is 0 Å². The second-order valence-electron chi connectivity index (χ2n) is 6.23. The van der Waals surface area contributed by atoms with E-state index in [0.717, 1.165) is 11.9 Å². The Morgan fingerprint density at radius 2 is 1.86 bits per heavy atom. The fourth-order valence-electron chi connectivity index (χ4n) is 2.86. The van der Waals surface area contributed by atoms with Crippen LogP contribution in [0.5, 0.6) is 0 Å². The Bertz CT molecular complexity index is 1370. The van der Waals surface area contributed by atoms with Gasteiger partial charge in [-0.05, 0) is 37.3 Å². The van der Waals surface area contributed by atoms with Crippen molar-refractivity contribution in [2.24, 2.45) is 0 Å². The predicted octanol–water partition coefficient (Wildman–Crippen LogP) is 2.44. The molecule has 28 heavy (non-hydrogen) atoms. The number of rotatable bonds is 3. The summed E-state index contributed by atoms with van der Waals surface area (Å²) in [7, 11) is -3.59. The minimum Gasteiger partial charge on any atom is -0.296 e. The molecule has 4 aromatic rings. The molecule has 0 fully saturated rings. The summed E-state index contributed by atoms with van der Waals surface area (Å²) in [5, 5.41) is 8.99. The molecule has 8 nitrogen and oxygen atoms in total. The number of nitriles is 1. The maximum atomic E-state index is 11.9. The zero-order valence-electron chi connectivity index (χ0n) is 15.0. The summed E-state index contributed by atoms with van der Waals surface area (Å²) in [6.45, 7) is 1.87. The minimum absolute atomic E-state index is 0.278. The van der Waals surface area contributed by atoms with Gasteiger partial charge >= 0.3 is 0 Å². The van der Waals surface area contributed by atoms with Gasteiger partial charge in [0.1, 0.15) is 23.1 Å². The third-order valence-electron chi connectivity index (χ3n) is 4.09. The molecule has 0 saturated carbocycles. The van der Waals surface area contributed by atoms with Crippen molar-refractivity contribution in [1.29, 1.82) is 5.26 Å². The second kappa shape index (κ2) is 6.51. The molecule has 0 radical (unpaired) electrons. The van der Waals surface area contributed by atoms with Crippen molar-refractivity contribution in [1.82, 2.24) is 24.3 Å².